The predicted molar refractivity (Wildman–Crippen MR) is 64.7 cm³/mol. The monoisotopic (exact) mass is 237 g/mol. The van der Waals surface area contributed by atoms with E-state index in [1.165, 1.54) is 0 Å². The SMILES string of the molecule is CC(C)(C)OC(=O)c1c(N)nc2n1CCCC2. The van der Waals surface area contributed by atoms with E-state index in [1.807, 2.05) is 25.3 Å². The number of ether oxygens (including phenoxy) is 1. The summed E-state index contributed by atoms with van der Waals surface area (Å²) in [6, 6.07) is 0. The molecule has 0 bridgehead atoms. The minimum Gasteiger partial charge on any atom is -0.455 e. The number of hydrogen-bond acceptors (Lipinski definition) is 4. The van der Waals surface area contributed by atoms with E-state index in [2.05, 4.69) is 4.98 Å². The van der Waals surface area contributed by atoms with Crippen LogP contribution in [-0.4, -0.2) is 21.1 Å². The molecule has 0 saturated carbocycles. The molecular weight excluding hydrogens is 218 g/mol. The lowest BCUT2D eigenvalue weighted by molar-refractivity contribution is 0.00580. The zero-order chi connectivity index (χ0) is 12.6. The van der Waals surface area contributed by atoms with Crippen LogP contribution in [0.2, 0.25) is 0 Å². The van der Waals surface area contributed by atoms with Gasteiger partial charge in [-0.15, -0.1) is 0 Å². The minimum absolute atomic E-state index is 0.288. The van der Waals surface area contributed by atoms with E-state index in [0.29, 0.717) is 5.69 Å². The topological polar surface area (TPSA) is 70.1 Å². The number of fused-ring (bicyclic) bond motifs is 1. The molecule has 2 N–H and O–H groups in total. The van der Waals surface area contributed by atoms with Crippen LogP contribution in [-0.2, 0) is 17.7 Å². The summed E-state index contributed by atoms with van der Waals surface area (Å²) < 4.78 is 7.24. The summed E-state index contributed by atoms with van der Waals surface area (Å²) in [7, 11) is 0. The van der Waals surface area contributed by atoms with Gasteiger partial charge in [-0.05, 0) is 33.6 Å². The largest absolute Gasteiger partial charge is 0.455 e. The Morgan fingerprint density at radius 1 is 1.41 bits per heavy atom. The van der Waals surface area contributed by atoms with Gasteiger partial charge < -0.3 is 15.0 Å². The van der Waals surface area contributed by atoms with Gasteiger partial charge in [-0.3, -0.25) is 0 Å². The zero-order valence-corrected chi connectivity index (χ0v) is 10.6. The lowest BCUT2D eigenvalue weighted by Gasteiger charge is -2.21. The Hall–Kier alpha value is -1.52. The third-order valence-corrected chi connectivity index (χ3v) is 2.70. The Morgan fingerprint density at radius 3 is 2.76 bits per heavy atom. The van der Waals surface area contributed by atoms with Gasteiger partial charge in [0.15, 0.2) is 11.5 Å². The first-order chi connectivity index (χ1) is 7.88. The standard InChI is InChI=1S/C12H19N3O2/c1-12(2,3)17-11(16)9-10(13)14-8-6-4-5-7-15(8)9/h4-7,13H2,1-3H3. The molecular formula is C12H19N3O2. The van der Waals surface area contributed by atoms with Crippen LogP contribution >= 0.6 is 0 Å². The second-order valence-electron chi connectivity index (χ2n) is 5.37. The van der Waals surface area contributed by atoms with Crippen molar-refractivity contribution in [2.24, 2.45) is 0 Å². The van der Waals surface area contributed by atoms with Crippen LogP contribution < -0.4 is 5.73 Å². The summed E-state index contributed by atoms with van der Waals surface area (Å²) in [4.78, 5) is 16.3. The van der Waals surface area contributed by atoms with Gasteiger partial charge in [0.05, 0.1) is 0 Å². The van der Waals surface area contributed by atoms with Crippen LogP contribution in [0.3, 0.4) is 0 Å². The molecule has 0 aromatic carbocycles. The number of nitrogen functional groups attached to an aromatic ring is 1. The molecule has 0 radical (unpaired) electrons. The molecule has 1 aliphatic heterocycles. The molecule has 5 nitrogen and oxygen atoms in total. The van der Waals surface area contributed by atoms with Gasteiger partial charge in [0.25, 0.3) is 0 Å². The van der Waals surface area contributed by atoms with Crippen LogP contribution in [0, 0.1) is 0 Å². The fraction of sp³-hybridized carbons (Fsp3) is 0.667. The first kappa shape index (κ1) is 12.0. The molecule has 1 aromatic rings. The lowest BCUT2D eigenvalue weighted by Crippen LogP contribution is -2.27. The van der Waals surface area contributed by atoms with Crippen molar-refractivity contribution in [3.63, 3.8) is 0 Å². The lowest BCUT2D eigenvalue weighted by atomic mass is 10.1. The van der Waals surface area contributed by atoms with Gasteiger partial charge in [-0.25, -0.2) is 9.78 Å². The van der Waals surface area contributed by atoms with Crippen molar-refractivity contribution >= 4 is 11.8 Å². The molecule has 17 heavy (non-hydrogen) atoms. The van der Waals surface area contributed by atoms with Gasteiger partial charge in [-0.1, -0.05) is 0 Å². The summed E-state index contributed by atoms with van der Waals surface area (Å²) in [6.45, 7) is 6.33. The second kappa shape index (κ2) is 4.05. The highest BCUT2D eigenvalue weighted by Crippen LogP contribution is 2.23. The molecule has 1 aromatic heterocycles. The Labute approximate surface area is 101 Å². The van der Waals surface area contributed by atoms with Crippen LogP contribution in [0.1, 0.15) is 49.9 Å². The fourth-order valence-electron chi connectivity index (χ4n) is 2.05. The maximum absolute atomic E-state index is 12.1. The summed E-state index contributed by atoms with van der Waals surface area (Å²) in [5, 5.41) is 0. The molecule has 0 saturated heterocycles. The number of carbonyl (C=O) groups excluding carboxylic acids is 1. The Balaban J connectivity index is 2.32. The van der Waals surface area contributed by atoms with Crippen molar-refractivity contribution in [1.82, 2.24) is 9.55 Å². The van der Waals surface area contributed by atoms with Gasteiger partial charge in [0, 0.05) is 13.0 Å². The average molecular weight is 237 g/mol. The van der Waals surface area contributed by atoms with Crippen LogP contribution in [0.5, 0.6) is 0 Å². The molecule has 0 aliphatic carbocycles. The Morgan fingerprint density at radius 2 is 2.12 bits per heavy atom. The maximum Gasteiger partial charge on any atom is 0.359 e. The highest BCUT2D eigenvalue weighted by Gasteiger charge is 2.27. The zero-order valence-electron chi connectivity index (χ0n) is 10.6. The number of esters is 1. The molecule has 1 aliphatic rings. The van der Waals surface area contributed by atoms with Crippen LogP contribution in [0.25, 0.3) is 0 Å². The number of rotatable bonds is 1. The van der Waals surface area contributed by atoms with Crippen LogP contribution in [0.15, 0.2) is 0 Å². The van der Waals surface area contributed by atoms with E-state index >= 15 is 0 Å². The summed E-state index contributed by atoms with van der Waals surface area (Å²) in [5.41, 5.74) is 5.71. The number of carbonyl (C=O) groups is 1. The highest BCUT2D eigenvalue weighted by molar-refractivity contribution is 5.92. The first-order valence-electron chi connectivity index (χ1n) is 5.97. The molecule has 0 spiro atoms. The minimum atomic E-state index is -0.511. The molecule has 2 heterocycles. The fourth-order valence-corrected chi connectivity index (χ4v) is 2.05. The summed E-state index contributed by atoms with van der Waals surface area (Å²) in [6.07, 6.45) is 3.04. The highest BCUT2D eigenvalue weighted by atomic mass is 16.6. The number of nitrogens with zero attached hydrogens (tertiary/aromatic N) is 2. The third-order valence-electron chi connectivity index (χ3n) is 2.70. The van der Waals surface area contributed by atoms with Crippen molar-refractivity contribution in [3.05, 3.63) is 11.5 Å². The van der Waals surface area contributed by atoms with Gasteiger partial charge in [-0.2, -0.15) is 0 Å². The van der Waals surface area contributed by atoms with Gasteiger partial charge >= 0.3 is 5.97 Å². The molecule has 0 unspecified atom stereocenters. The average Bonchev–Trinajstić information content (AvgIpc) is 2.50. The van der Waals surface area contributed by atoms with Crippen molar-refractivity contribution in [2.75, 3.05) is 5.73 Å². The second-order valence-corrected chi connectivity index (χ2v) is 5.37. The van der Waals surface area contributed by atoms with E-state index in [0.717, 1.165) is 31.6 Å². The Bertz CT molecular complexity index is 443. The van der Waals surface area contributed by atoms with Crippen molar-refractivity contribution < 1.29 is 9.53 Å². The number of nitrogens with two attached hydrogens (primary N) is 1. The number of anilines is 1. The molecule has 0 amide bonds. The van der Waals surface area contributed by atoms with Crippen molar-refractivity contribution in [3.8, 4) is 0 Å². The van der Waals surface area contributed by atoms with E-state index in [1.54, 1.807) is 0 Å². The molecule has 0 atom stereocenters. The molecule has 5 heteroatoms. The number of aromatic nitrogens is 2. The normalized spacial score (nSPS) is 15.5. The molecule has 0 fully saturated rings. The van der Waals surface area contributed by atoms with Gasteiger partial charge in [0.1, 0.15) is 11.4 Å². The summed E-state index contributed by atoms with van der Waals surface area (Å²) in [5.74, 6) is 0.807. The number of hydrogen-bond donors (Lipinski definition) is 1. The predicted octanol–water partition coefficient (Wildman–Crippen LogP) is 1.76. The van der Waals surface area contributed by atoms with E-state index in [9.17, 15) is 4.79 Å². The number of imidazole rings is 1. The molecule has 2 rings (SSSR count). The quantitative estimate of drug-likeness (QED) is 0.755. The van der Waals surface area contributed by atoms with Crippen LogP contribution in [0.4, 0.5) is 5.82 Å². The maximum atomic E-state index is 12.1. The third kappa shape index (κ3) is 2.43. The molecule has 94 valence electrons. The van der Waals surface area contributed by atoms with Crippen molar-refractivity contribution in [1.29, 1.82) is 0 Å². The summed E-state index contributed by atoms with van der Waals surface area (Å²) >= 11 is 0. The Kier molecular flexibility index (Phi) is 2.85. The van der Waals surface area contributed by atoms with Gasteiger partial charge in [0.2, 0.25) is 0 Å². The number of aryl methyl sites for hydroxylation is 1. The smallest absolute Gasteiger partial charge is 0.359 e. The first-order valence-corrected chi connectivity index (χ1v) is 5.97. The van der Waals surface area contributed by atoms with E-state index < -0.39 is 5.60 Å². The van der Waals surface area contributed by atoms with E-state index in [-0.39, 0.29) is 11.8 Å². The van der Waals surface area contributed by atoms with E-state index in [4.69, 9.17) is 10.5 Å². The van der Waals surface area contributed by atoms with Crippen molar-refractivity contribution in [2.45, 2.75) is 52.2 Å².